The van der Waals surface area contributed by atoms with Crippen molar-refractivity contribution in [2.75, 3.05) is 26.4 Å². The molecule has 0 saturated carbocycles. The number of nitrogens with zero attached hydrogens (tertiary/aromatic N) is 4. The molecule has 0 unspecified atom stereocenters. The molecule has 0 fully saturated rings. The van der Waals surface area contributed by atoms with E-state index in [-0.39, 0.29) is 0 Å². The van der Waals surface area contributed by atoms with Gasteiger partial charge in [0.15, 0.2) is 5.82 Å². The first-order valence-electron chi connectivity index (χ1n) is 5.36. The summed E-state index contributed by atoms with van der Waals surface area (Å²) in [6, 6.07) is 3.85. The van der Waals surface area contributed by atoms with Gasteiger partial charge in [0, 0.05) is 30.3 Å². The predicted molar refractivity (Wildman–Crippen MR) is 68.9 cm³/mol. The molecule has 5 nitrogen and oxygen atoms in total. The third-order valence-electron chi connectivity index (χ3n) is 2.17. The Morgan fingerprint density at radius 1 is 1.41 bits per heavy atom. The molecule has 0 aliphatic heterocycles. The first-order chi connectivity index (χ1) is 8.25. The number of hydrogen-bond acceptors (Lipinski definition) is 5. The molecular weight excluding hydrogens is 234 g/mol. The number of pyridine rings is 1. The van der Waals surface area contributed by atoms with Crippen LogP contribution in [0, 0.1) is 0 Å². The second-order valence-corrected chi connectivity index (χ2v) is 4.92. The minimum atomic E-state index is 0.769. The number of aromatic amines is 1. The third kappa shape index (κ3) is 3.54. The maximum absolute atomic E-state index is 4.42. The van der Waals surface area contributed by atoms with Crippen molar-refractivity contribution in [3.05, 3.63) is 24.5 Å². The molecular formula is C11H15N5S. The minimum absolute atomic E-state index is 0.769. The van der Waals surface area contributed by atoms with Crippen molar-refractivity contribution in [3.8, 4) is 11.4 Å². The lowest BCUT2D eigenvalue weighted by molar-refractivity contribution is 0.437. The Morgan fingerprint density at radius 2 is 2.29 bits per heavy atom. The van der Waals surface area contributed by atoms with Crippen molar-refractivity contribution in [2.24, 2.45) is 0 Å². The normalized spacial score (nSPS) is 11.0. The molecule has 90 valence electrons. The Morgan fingerprint density at radius 3 is 3.00 bits per heavy atom. The van der Waals surface area contributed by atoms with Gasteiger partial charge in [-0.3, -0.25) is 10.1 Å². The molecule has 2 aromatic heterocycles. The summed E-state index contributed by atoms with van der Waals surface area (Å²) in [6.07, 6.45) is 3.52. The van der Waals surface area contributed by atoms with Crippen molar-refractivity contribution in [2.45, 2.75) is 5.16 Å². The molecule has 0 bridgehead atoms. The van der Waals surface area contributed by atoms with E-state index in [1.807, 2.05) is 12.1 Å². The molecule has 0 aliphatic carbocycles. The Labute approximate surface area is 105 Å². The van der Waals surface area contributed by atoms with Crippen molar-refractivity contribution < 1.29 is 0 Å². The second-order valence-electron chi connectivity index (χ2n) is 3.86. The van der Waals surface area contributed by atoms with E-state index in [9.17, 15) is 0 Å². The van der Waals surface area contributed by atoms with Crippen LogP contribution in [0.5, 0.6) is 0 Å². The summed E-state index contributed by atoms with van der Waals surface area (Å²) >= 11 is 1.65. The molecule has 1 N–H and O–H groups in total. The highest BCUT2D eigenvalue weighted by atomic mass is 32.2. The van der Waals surface area contributed by atoms with Crippen molar-refractivity contribution >= 4 is 11.8 Å². The van der Waals surface area contributed by atoms with Crippen LogP contribution < -0.4 is 0 Å². The average molecular weight is 249 g/mol. The number of thioether (sulfide) groups is 1. The summed E-state index contributed by atoms with van der Waals surface area (Å²) in [5.74, 6) is 1.75. The van der Waals surface area contributed by atoms with Crippen molar-refractivity contribution in [1.29, 1.82) is 0 Å². The molecule has 2 rings (SSSR count). The quantitative estimate of drug-likeness (QED) is 0.814. The molecule has 6 heteroatoms. The maximum Gasteiger partial charge on any atom is 0.208 e. The monoisotopic (exact) mass is 249 g/mol. The maximum atomic E-state index is 4.42. The van der Waals surface area contributed by atoms with Crippen LogP contribution in [-0.4, -0.2) is 51.5 Å². The van der Waals surface area contributed by atoms with Gasteiger partial charge in [-0.2, -0.15) is 0 Å². The van der Waals surface area contributed by atoms with Crippen LogP contribution in [0.3, 0.4) is 0 Å². The Kier molecular flexibility index (Phi) is 4.11. The first kappa shape index (κ1) is 12.1. The predicted octanol–water partition coefficient (Wildman–Crippen LogP) is 1.52. The van der Waals surface area contributed by atoms with Gasteiger partial charge in [-0.25, -0.2) is 4.98 Å². The molecule has 0 amide bonds. The smallest absolute Gasteiger partial charge is 0.208 e. The highest BCUT2D eigenvalue weighted by Gasteiger charge is 2.05. The van der Waals surface area contributed by atoms with Gasteiger partial charge in [0.05, 0.1) is 0 Å². The zero-order chi connectivity index (χ0) is 12.1. The zero-order valence-electron chi connectivity index (χ0n) is 9.92. The van der Waals surface area contributed by atoms with Gasteiger partial charge in [-0.1, -0.05) is 11.8 Å². The largest absolute Gasteiger partial charge is 0.309 e. The molecule has 2 heterocycles. The summed E-state index contributed by atoms with van der Waals surface area (Å²) in [4.78, 5) is 10.6. The van der Waals surface area contributed by atoms with Crippen molar-refractivity contribution in [1.82, 2.24) is 25.1 Å². The Balaban J connectivity index is 1.97. The fraction of sp³-hybridized carbons (Fsp3) is 0.364. The summed E-state index contributed by atoms with van der Waals surface area (Å²) in [7, 11) is 4.11. The van der Waals surface area contributed by atoms with Crippen LogP contribution in [0.25, 0.3) is 11.4 Å². The highest BCUT2D eigenvalue weighted by Crippen LogP contribution is 2.17. The van der Waals surface area contributed by atoms with E-state index >= 15 is 0 Å². The van der Waals surface area contributed by atoms with Gasteiger partial charge in [-0.05, 0) is 26.2 Å². The van der Waals surface area contributed by atoms with E-state index in [0.717, 1.165) is 28.8 Å². The van der Waals surface area contributed by atoms with Crippen LogP contribution in [-0.2, 0) is 0 Å². The van der Waals surface area contributed by atoms with E-state index in [2.05, 4.69) is 39.2 Å². The molecule has 17 heavy (non-hydrogen) atoms. The number of aromatic nitrogens is 4. The molecule has 0 atom stereocenters. The zero-order valence-corrected chi connectivity index (χ0v) is 10.7. The van der Waals surface area contributed by atoms with Gasteiger partial charge in [0.2, 0.25) is 5.16 Å². The summed E-state index contributed by atoms with van der Waals surface area (Å²) in [5.41, 5.74) is 0.958. The van der Waals surface area contributed by atoms with Crippen LogP contribution >= 0.6 is 11.8 Å². The van der Waals surface area contributed by atoms with Gasteiger partial charge in [0.1, 0.15) is 0 Å². The number of rotatable bonds is 5. The van der Waals surface area contributed by atoms with E-state index in [1.165, 1.54) is 0 Å². The molecule has 0 aromatic carbocycles. The molecule has 0 saturated heterocycles. The highest BCUT2D eigenvalue weighted by molar-refractivity contribution is 7.99. The number of hydrogen-bond donors (Lipinski definition) is 1. The van der Waals surface area contributed by atoms with Gasteiger partial charge >= 0.3 is 0 Å². The van der Waals surface area contributed by atoms with E-state index in [1.54, 1.807) is 24.2 Å². The van der Waals surface area contributed by atoms with Crippen molar-refractivity contribution in [3.63, 3.8) is 0 Å². The summed E-state index contributed by atoms with van der Waals surface area (Å²) in [6.45, 7) is 1.02. The molecule has 0 radical (unpaired) electrons. The lowest BCUT2D eigenvalue weighted by Gasteiger charge is -2.06. The number of nitrogens with one attached hydrogen (secondary N) is 1. The van der Waals surface area contributed by atoms with Crippen LogP contribution in [0.15, 0.2) is 29.7 Å². The summed E-state index contributed by atoms with van der Waals surface area (Å²) < 4.78 is 0. The molecule has 0 aliphatic rings. The van der Waals surface area contributed by atoms with E-state index in [4.69, 9.17) is 0 Å². The Hall–Kier alpha value is -1.40. The SMILES string of the molecule is CN(C)CCSc1n[nH]c(-c2cccnc2)n1. The van der Waals surface area contributed by atoms with E-state index < -0.39 is 0 Å². The average Bonchev–Trinajstić information content (AvgIpc) is 2.78. The minimum Gasteiger partial charge on any atom is -0.309 e. The molecule has 2 aromatic rings. The van der Waals surface area contributed by atoms with Gasteiger partial charge in [0.25, 0.3) is 0 Å². The van der Waals surface area contributed by atoms with E-state index in [0.29, 0.717) is 0 Å². The fourth-order valence-corrected chi connectivity index (χ4v) is 2.17. The lowest BCUT2D eigenvalue weighted by atomic mass is 10.3. The fourth-order valence-electron chi connectivity index (χ4n) is 1.26. The molecule has 0 spiro atoms. The Bertz CT molecular complexity index is 454. The third-order valence-corrected chi connectivity index (χ3v) is 3.00. The lowest BCUT2D eigenvalue weighted by Crippen LogP contribution is -2.14. The summed E-state index contributed by atoms with van der Waals surface area (Å²) in [5, 5.41) is 7.88. The topological polar surface area (TPSA) is 57.7 Å². The standard InChI is InChI=1S/C11H15N5S/c1-16(2)6-7-17-11-13-10(14-15-11)9-4-3-5-12-8-9/h3-5,8H,6-7H2,1-2H3,(H,13,14,15). The van der Waals surface area contributed by atoms with Gasteiger partial charge < -0.3 is 4.90 Å². The van der Waals surface area contributed by atoms with Crippen LogP contribution in [0.1, 0.15) is 0 Å². The van der Waals surface area contributed by atoms with Crippen LogP contribution in [0.4, 0.5) is 0 Å². The first-order valence-corrected chi connectivity index (χ1v) is 6.34. The van der Waals surface area contributed by atoms with Gasteiger partial charge in [-0.15, -0.1) is 5.10 Å². The second kappa shape index (κ2) is 5.79. The van der Waals surface area contributed by atoms with Crippen LogP contribution in [0.2, 0.25) is 0 Å². The number of H-pyrrole nitrogens is 1.